The fourth-order valence-electron chi connectivity index (χ4n) is 3.06. The number of carbonyl (C=O) groups is 1. The van der Waals surface area contributed by atoms with Gasteiger partial charge in [-0.2, -0.15) is 0 Å². The molecule has 4 rings (SSSR count). The number of benzene rings is 3. The number of sulfonamides is 1. The Morgan fingerprint density at radius 2 is 1.77 bits per heavy atom. The molecule has 1 aliphatic rings. The molecule has 1 aliphatic heterocycles. The predicted molar refractivity (Wildman–Crippen MR) is 110 cm³/mol. The zero-order valence-corrected chi connectivity index (χ0v) is 16.4. The Kier molecular flexibility index (Phi) is 4.63. The van der Waals surface area contributed by atoms with Crippen LogP contribution in [0, 0.1) is 10.1 Å². The van der Waals surface area contributed by atoms with E-state index in [4.69, 9.17) is 4.74 Å². The van der Waals surface area contributed by atoms with Crippen LogP contribution in [0.3, 0.4) is 0 Å². The number of nitrogens with one attached hydrogen (secondary N) is 1. The van der Waals surface area contributed by atoms with E-state index in [1.807, 2.05) is 0 Å². The van der Waals surface area contributed by atoms with Crippen LogP contribution in [0.1, 0.15) is 10.4 Å². The number of hydrogen-bond acceptors (Lipinski definition) is 6. The SMILES string of the molecule is CN1C(=O)c2cc(NS(=O)(=O)c3cccc([N+](=O)[O-])c3)ccc2Oc2ccccc21. The van der Waals surface area contributed by atoms with Crippen molar-refractivity contribution in [1.82, 2.24) is 0 Å². The van der Waals surface area contributed by atoms with Gasteiger partial charge in [-0.15, -0.1) is 0 Å². The second kappa shape index (κ2) is 7.16. The fraction of sp³-hybridized carbons (Fsp3) is 0.0500. The van der Waals surface area contributed by atoms with Crippen LogP contribution >= 0.6 is 0 Å². The van der Waals surface area contributed by atoms with Crippen molar-refractivity contribution in [2.45, 2.75) is 4.90 Å². The van der Waals surface area contributed by atoms with Gasteiger partial charge in [-0.05, 0) is 36.4 Å². The average molecular weight is 425 g/mol. The summed E-state index contributed by atoms with van der Waals surface area (Å²) in [5, 5.41) is 10.9. The van der Waals surface area contributed by atoms with Gasteiger partial charge in [0.05, 0.1) is 21.1 Å². The van der Waals surface area contributed by atoms with Crippen LogP contribution < -0.4 is 14.4 Å². The minimum Gasteiger partial charge on any atom is -0.454 e. The van der Waals surface area contributed by atoms with E-state index >= 15 is 0 Å². The van der Waals surface area contributed by atoms with Gasteiger partial charge in [0.25, 0.3) is 21.6 Å². The Balaban J connectivity index is 1.69. The van der Waals surface area contributed by atoms with Crippen molar-refractivity contribution in [2.75, 3.05) is 16.7 Å². The molecule has 0 radical (unpaired) electrons. The maximum Gasteiger partial charge on any atom is 0.270 e. The summed E-state index contributed by atoms with van der Waals surface area (Å²) in [6.45, 7) is 0. The highest BCUT2D eigenvalue weighted by Gasteiger charge is 2.26. The van der Waals surface area contributed by atoms with Gasteiger partial charge in [0.2, 0.25) is 0 Å². The van der Waals surface area contributed by atoms with E-state index in [0.717, 1.165) is 6.07 Å². The third-order valence-electron chi connectivity index (χ3n) is 4.55. The van der Waals surface area contributed by atoms with Crippen LogP contribution in [0.25, 0.3) is 0 Å². The summed E-state index contributed by atoms with van der Waals surface area (Å²) < 4.78 is 33.5. The standard InChI is InChI=1S/C20H15N3O6S/c1-22-17-7-2-3-8-19(17)29-18-10-9-13(11-16(18)20(22)24)21-30(27,28)15-6-4-5-14(12-15)23(25)26/h2-12,21H,1H3. The van der Waals surface area contributed by atoms with E-state index in [9.17, 15) is 23.3 Å². The summed E-state index contributed by atoms with van der Waals surface area (Å²) in [6.07, 6.45) is 0. The number of nitro benzene ring substituents is 1. The lowest BCUT2D eigenvalue weighted by atomic mass is 10.1. The molecule has 0 fully saturated rings. The van der Waals surface area contributed by atoms with Gasteiger partial charge in [0.15, 0.2) is 5.75 Å². The molecule has 1 N–H and O–H groups in total. The van der Waals surface area contributed by atoms with Crippen molar-refractivity contribution < 1.29 is 22.9 Å². The lowest BCUT2D eigenvalue weighted by Crippen LogP contribution is -2.25. The number of nitro groups is 1. The topological polar surface area (TPSA) is 119 Å². The van der Waals surface area contributed by atoms with Crippen LogP contribution in [0.4, 0.5) is 17.1 Å². The molecule has 10 heteroatoms. The molecular weight excluding hydrogens is 410 g/mol. The molecular formula is C20H15N3O6S. The van der Waals surface area contributed by atoms with Gasteiger partial charge in [-0.25, -0.2) is 8.42 Å². The van der Waals surface area contributed by atoms with Gasteiger partial charge in [-0.3, -0.25) is 19.6 Å². The number of non-ortho nitro benzene ring substituents is 1. The molecule has 1 amide bonds. The number of nitrogens with zero attached hydrogens (tertiary/aromatic N) is 2. The van der Waals surface area contributed by atoms with Gasteiger partial charge >= 0.3 is 0 Å². The molecule has 0 aliphatic carbocycles. The van der Waals surface area contributed by atoms with Gasteiger partial charge in [-0.1, -0.05) is 18.2 Å². The van der Waals surface area contributed by atoms with Crippen LogP contribution in [-0.4, -0.2) is 26.3 Å². The van der Waals surface area contributed by atoms with E-state index < -0.39 is 14.9 Å². The minimum atomic E-state index is -4.11. The monoisotopic (exact) mass is 425 g/mol. The maximum absolute atomic E-state index is 12.9. The average Bonchev–Trinajstić information content (AvgIpc) is 2.83. The molecule has 0 saturated carbocycles. The second-order valence-corrected chi connectivity index (χ2v) is 8.19. The molecule has 30 heavy (non-hydrogen) atoms. The molecule has 152 valence electrons. The summed E-state index contributed by atoms with van der Waals surface area (Å²) in [5.41, 5.74) is 0.532. The highest BCUT2D eigenvalue weighted by molar-refractivity contribution is 7.92. The predicted octanol–water partition coefficient (Wildman–Crippen LogP) is 3.78. The van der Waals surface area contributed by atoms with Crippen molar-refractivity contribution in [3.8, 4) is 11.5 Å². The van der Waals surface area contributed by atoms with E-state index in [0.29, 0.717) is 11.4 Å². The molecule has 0 unspecified atom stereocenters. The summed E-state index contributed by atoms with van der Waals surface area (Å²) in [5.74, 6) is 0.415. The number of ether oxygens (including phenoxy) is 1. The highest BCUT2D eigenvalue weighted by atomic mass is 32.2. The molecule has 3 aromatic rings. The molecule has 0 saturated heterocycles. The van der Waals surface area contributed by atoms with Crippen molar-refractivity contribution in [1.29, 1.82) is 0 Å². The first-order valence-corrected chi connectivity index (χ1v) is 10.2. The Hall–Kier alpha value is -3.92. The highest BCUT2D eigenvalue weighted by Crippen LogP contribution is 2.39. The lowest BCUT2D eigenvalue weighted by Gasteiger charge is -2.16. The fourth-order valence-corrected chi connectivity index (χ4v) is 4.15. The molecule has 0 aromatic heterocycles. The van der Waals surface area contributed by atoms with Crippen molar-refractivity contribution >= 4 is 33.0 Å². The van der Waals surface area contributed by atoms with E-state index in [1.54, 1.807) is 31.3 Å². The quantitative estimate of drug-likeness (QED) is 0.502. The normalized spacial score (nSPS) is 13.0. The summed E-state index contributed by atoms with van der Waals surface area (Å²) in [4.78, 5) is 24.3. The third-order valence-corrected chi connectivity index (χ3v) is 5.93. The van der Waals surface area contributed by atoms with Crippen LogP contribution in [0.2, 0.25) is 0 Å². The Morgan fingerprint density at radius 3 is 2.53 bits per heavy atom. The summed E-state index contributed by atoms with van der Waals surface area (Å²) in [7, 11) is -2.51. The maximum atomic E-state index is 12.9. The van der Waals surface area contributed by atoms with Crippen LogP contribution in [0.15, 0.2) is 71.6 Å². The number of hydrogen-bond donors (Lipinski definition) is 1. The molecule has 3 aromatic carbocycles. The van der Waals surface area contributed by atoms with Crippen LogP contribution in [-0.2, 0) is 10.0 Å². The molecule has 1 heterocycles. The number of rotatable bonds is 4. The molecule has 0 atom stereocenters. The number of anilines is 2. The lowest BCUT2D eigenvalue weighted by molar-refractivity contribution is -0.385. The minimum absolute atomic E-state index is 0.122. The number of para-hydroxylation sites is 2. The second-order valence-electron chi connectivity index (χ2n) is 6.50. The zero-order valence-electron chi connectivity index (χ0n) is 15.6. The molecule has 9 nitrogen and oxygen atoms in total. The first-order valence-electron chi connectivity index (χ1n) is 8.72. The molecule has 0 bridgehead atoms. The largest absolute Gasteiger partial charge is 0.454 e. The van der Waals surface area contributed by atoms with Crippen molar-refractivity contribution in [3.63, 3.8) is 0 Å². The van der Waals surface area contributed by atoms with Gasteiger partial charge in [0.1, 0.15) is 5.75 Å². The van der Waals surface area contributed by atoms with E-state index in [1.165, 1.54) is 41.3 Å². The molecule has 0 spiro atoms. The number of amides is 1. The van der Waals surface area contributed by atoms with Crippen molar-refractivity contribution in [3.05, 3.63) is 82.4 Å². The zero-order chi connectivity index (χ0) is 21.5. The Bertz CT molecular complexity index is 1290. The van der Waals surface area contributed by atoms with Crippen LogP contribution in [0.5, 0.6) is 11.5 Å². The summed E-state index contributed by atoms with van der Waals surface area (Å²) in [6, 6.07) is 16.0. The first-order chi connectivity index (χ1) is 14.3. The van der Waals surface area contributed by atoms with Gasteiger partial charge < -0.3 is 9.64 Å². The smallest absolute Gasteiger partial charge is 0.270 e. The summed E-state index contributed by atoms with van der Waals surface area (Å²) >= 11 is 0. The number of fused-ring (bicyclic) bond motifs is 2. The van der Waals surface area contributed by atoms with E-state index in [2.05, 4.69) is 4.72 Å². The first kappa shape index (κ1) is 19.4. The van der Waals surface area contributed by atoms with E-state index in [-0.39, 0.29) is 33.5 Å². The number of carbonyl (C=O) groups excluding carboxylic acids is 1. The Morgan fingerprint density at radius 1 is 1.00 bits per heavy atom. The third kappa shape index (κ3) is 3.44. The van der Waals surface area contributed by atoms with Crippen molar-refractivity contribution in [2.24, 2.45) is 0 Å². The Labute approximate surface area is 171 Å². The van der Waals surface area contributed by atoms with Gasteiger partial charge in [0, 0.05) is 24.9 Å².